The zero-order valence-corrected chi connectivity index (χ0v) is 25.6. The predicted molar refractivity (Wildman–Crippen MR) is 163 cm³/mol. The molecule has 3 N–H and O–H groups in total. The van der Waals surface area contributed by atoms with Gasteiger partial charge in [0.1, 0.15) is 11.6 Å². The number of amides is 2. The molecule has 0 aromatic carbocycles. The summed E-state index contributed by atoms with van der Waals surface area (Å²) in [5.74, 6) is 0.715. The molecule has 1 aliphatic carbocycles. The van der Waals surface area contributed by atoms with Crippen LogP contribution in [0.4, 0.5) is 11.6 Å². The molecule has 1 atom stereocenters. The van der Waals surface area contributed by atoms with Crippen LogP contribution in [0, 0.1) is 11.8 Å². The van der Waals surface area contributed by atoms with Crippen LogP contribution in [0.2, 0.25) is 0 Å². The van der Waals surface area contributed by atoms with E-state index in [9.17, 15) is 18.0 Å². The van der Waals surface area contributed by atoms with Crippen LogP contribution in [0.1, 0.15) is 88.2 Å². The molecule has 42 heavy (non-hydrogen) atoms. The van der Waals surface area contributed by atoms with Gasteiger partial charge in [0, 0.05) is 31.6 Å². The molecule has 5 rings (SSSR count). The predicted octanol–water partition coefficient (Wildman–Crippen LogP) is 4.39. The smallest absolute Gasteiger partial charge is 0.281 e. The minimum Gasteiger partial charge on any atom is -0.384 e. The molecule has 4 heterocycles. The molecule has 2 aromatic heterocycles. The average Bonchev–Trinajstić information content (AvgIpc) is 3.24. The van der Waals surface area contributed by atoms with Gasteiger partial charge in [0.15, 0.2) is 5.03 Å². The second kappa shape index (κ2) is 12.0. The molecular weight excluding hydrogens is 552 g/mol. The molecule has 2 aromatic rings. The zero-order valence-electron chi connectivity index (χ0n) is 24.8. The molecule has 0 bridgehead atoms. The lowest BCUT2D eigenvalue weighted by Crippen LogP contribution is -2.41. The van der Waals surface area contributed by atoms with Crippen molar-refractivity contribution in [2.75, 3.05) is 30.3 Å². The van der Waals surface area contributed by atoms with E-state index in [0.29, 0.717) is 49.4 Å². The molecule has 11 heteroatoms. The van der Waals surface area contributed by atoms with Crippen molar-refractivity contribution in [3.8, 4) is 0 Å². The van der Waals surface area contributed by atoms with E-state index < -0.39 is 15.9 Å². The van der Waals surface area contributed by atoms with Gasteiger partial charge >= 0.3 is 0 Å². The minimum absolute atomic E-state index is 0.0388. The number of carbonyl (C=O) groups is 2. The molecule has 2 fully saturated rings. The van der Waals surface area contributed by atoms with Crippen molar-refractivity contribution in [2.24, 2.45) is 11.8 Å². The summed E-state index contributed by atoms with van der Waals surface area (Å²) < 4.78 is 28.2. The van der Waals surface area contributed by atoms with E-state index in [0.717, 1.165) is 31.3 Å². The Balaban J connectivity index is 1.42. The lowest BCUT2D eigenvalue weighted by Gasteiger charge is -2.34. The standard InChI is InChI=1S/C31H42N6O4S/c1-21-18-31(2,3)37(19-21)29-24(30(39)35-42(40,41)27-13-7-12-26(32)34-27)14-15-25(33-29)23-11-8-16-36(20-23)28(38)17-22-9-5-4-6-10-22/h7,11-15,21-22H,4-6,8-10,16-20H2,1-3H3,(H2,32,34)(H,35,39)/t21-/m0/s1. The van der Waals surface area contributed by atoms with Gasteiger partial charge < -0.3 is 15.5 Å². The Kier molecular flexibility index (Phi) is 8.59. The molecule has 2 amide bonds. The summed E-state index contributed by atoms with van der Waals surface area (Å²) >= 11 is 0. The Hall–Kier alpha value is -3.47. The van der Waals surface area contributed by atoms with Crippen LogP contribution in [0.25, 0.3) is 5.57 Å². The fourth-order valence-electron chi connectivity index (χ4n) is 6.69. The Morgan fingerprint density at radius 2 is 1.86 bits per heavy atom. The fourth-order valence-corrected chi connectivity index (χ4v) is 7.63. The highest BCUT2D eigenvalue weighted by molar-refractivity contribution is 7.90. The summed E-state index contributed by atoms with van der Waals surface area (Å²) in [6.45, 7) is 8.20. The summed E-state index contributed by atoms with van der Waals surface area (Å²) in [4.78, 5) is 39.6. The number of pyridine rings is 2. The van der Waals surface area contributed by atoms with Gasteiger partial charge in [-0.25, -0.2) is 14.7 Å². The Labute approximate surface area is 248 Å². The molecule has 1 saturated carbocycles. The van der Waals surface area contributed by atoms with Crippen LogP contribution in [-0.2, 0) is 14.8 Å². The van der Waals surface area contributed by atoms with Gasteiger partial charge in [0.2, 0.25) is 5.91 Å². The van der Waals surface area contributed by atoms with Crippen molar-refractivity contribution in [3.63, 3.8) is 0 Å². The Morgan fingerprint density at radius 3 is 2.55 bits per heavy atom. The maximum Gasteiger partial charge on any atom is 0.281 e. The number of nitrogens with zero attached hydrogens (tertiary/aromatic N) is 4. The van der Waals surface area contributed by atoms with E-state index in [2.05, 4.69) is 41.5 Å². The number of sulfonamides is 1. The van der Waals surface area contributed by atoms with E-state index in [1.807, 2.05) is 4.90 Å². The van der Waals surface area contributed by atoms with Crippen molar-refractivity contribution in [3.05, 3.63) is 47.7 Å². The first-order valence-electron chi connectivity index (χ1n) is 15.0. The zero-order chi connectivity index (χ0) is 30.1. The van der Waals surface area contributed by atoms with Crippen molar-refractivity contribution in [2.45, 2.75) is 82.7 Å². The van der Waals surface area contributed by atoms with Crippen molar-refractivity contribution in [1.82, 2.24) is 19.6 Å². The molecule has 0 radical (unpaired) electrons. The third kappa shape index (κ3) is 6.61. The fraction of sp³-hybridized carbons (Fsp3) is 0.548. The van der Waals surface area contributed by atoms with Crippen LogP contribution in [-0.4, -0.2) is 60.3 Å². The topological polar surface area (TPSA) is 139 Å². The number of rotatable bonds is 7. The summed E-state index contributed by atoms with van der Waals surface area (Å²) in [5.41, 5.74) is 7.17. The van der Waals surface area contributed by atoms with E-state index in [1.165, 1.54) is 37.5 Å². The molecule has 0 unspecified atom stereocenters. The third-order valence-electron chi connectivity index (χ3n) is 8.72. The highest BCUT2D eigenvalue weighted by Crippen LogP contribution is 2.38. The van der Waals surface area contributed by atoms with Crippen LogP contribution in [0.15, 0.2) is 41.4 Å². The molecule has 1 saturated heterocycles. The molecule has 2 aliphatic heterocycles. The van der Waals surface area contributed by atoms with E-state index in [4.69, 9.17) is 10.7 Å². The minimum atomic E-state index is -4.26. The first-order chi connectivity index (χ1) is 19.9. The van der Waals surface area contributed by atoms with Crippen LogP contribution in [0.3, 0.4) is 0 Å². The van der Waals surface area contributed by atoms with Crippen molar-refractivity contribution in [1.29, 1.82) is 0 Å². The largest absolute Gasteiger partial charge is 0.384 e. The summed E-state index contributed by atoms with van der Waals surface area (Å²) in [6.07, 6.45) is 10.3. The number of nitrogens with one attached hydrogen (secondary N) is 1. The first-order valence-corrected chi connectivity index (χ1v) is 16.5. The summed E-state index contributed by atoms with van der Waals surface area (Å²) in [5, 5.41) is -0.331. The number of anilines is 2. The SMILES string of the molecule is C[C@@H]1CN(c2nc(C3=CCCN(C(=O)CC4CCCCC4)C3)ccc2C(=O)NS(=O)(=O)c2cccc(N)n2)C(C)(C)C1. The van der Waals surface area contributed by atoms with E-state index in [1.54, 1.807) is 12.1 Å². The quantitative estimate of drug-likeness (QED) is 0.481. The van der Waals surface area contributed by atoms with Gasteiger partial charge in [0.05, 0.1) is 11.3 Å². The third-order valence-corrected chi connectivity index (χ3v) is 9.95. The van der Waals surface area contributed by atoms with E-state index >= 15 is 0 Å². The average molecular weight is 595 g/mol. The summed E-state index contributed by atoms with van der Waals surface area (Å²) in [7, 11) is -4.26. The molecule has 226 valence electrons. The Morgan fingerprint density at radius 1 is 1.10 bits per heavy atom. The second-order valence-electron chi connectivity index (χ2n) is 12.7. The molecule has 10 nitrogen and oxygen atoms in total. The van der Waals surface area contributed by atoms with Crippen LogP contribution < -0.4 is 15.4 Å². The number of nitrogens with two attached hydrogens (primary N) is 1. The van der Waals surface area contributed by atoms with E-state index in [-0.39, 0.29) is 27.9 Å². The second-order valence-corrected chi connectivity index (χ2v) is 14.3. The van der Waals surface area contributed by atoms with Gasteiger partial charge in [-0.05, 0) is 81.2 Å². The highest BCUT2D eigenvalue weighted by atomic mass is 32.2. The van der Waals surface area contributed by atoms with Crippen molar-refractivity contribution < 1.29 is 18.0 Å². The van der Waals surface area contributed by atoms with Gasteiger partial charge in [0.25, 0.3) is 15.9 Å². The number of carbonyl (C=O) groups excluding carboxylic acids is 2. The van der Waals surface area contributed by atoms with Gasteiger partial charge in [-0.2, -0.15) is 8.42 Å². The van der Waals surface area contributed by atoms with Crippen molar-refractivity contribution >= 4 is 39.0 Å². The number of hydrogen-bond donors (Lipinski definition) is 2. The maximum atomic E-state index is 13.5. The number of nitrogen functional groups attached to an aromatic ring is 1. The number of aromatic nitrogens is 2. The Bertz CT molecular complexity index is 1480. The molecule has 0 spiro atoms. The maximum absolute atomic E-state index is 13.5. The van der Waals surface area contributed by atoms with Crippen LogP contribution >= 0.6 is 0 Å². The highest BCUT2D eigenvalue weighted by Gasteiger charge is 2.39. The van der Waals surface area contributed by atoms with Crippen LogP contribution in [0.5, 0.6) is 0 Å². The normalized spacial score (nSPS) is 21.2. The lowest BCUT2D eigenvalue weighted by atomic mass is 9.86. The molecular formula is C31H42N6O4S. The van der Waals surface area contributed by atoms with Gasteiger partial charge in [-0.1, -0.05) is 38.3 Å². The first kappa shape index (κ1) is 30.0. The summed E-state index contributed by atoms with van der Waals surface area (Å²) in [6, 6.07) is 7.62. The molecule has 3 aliphatic rings. The van der Waals surface area contributed by atoms with Gasteiger partial charge in [-0.3, -0.25) is 9.59 Å². The lowest BCUT2D eigenvalue weighted by molar-refractivity contribution is -0.131. The number of hydrogen-bond acceptors (Lipinski definition) is 8. The monoisotopic (exact) mass is 594 g/mol. The van der Waals surface area contributed by atoms with Gasteiger partial charge in [-0.15, -0.1) is 0 Å².